The summed E-state index contributed by atoms with van der Waals surface area (Å²) >= 11 is 3.36. The van der Waals surface area contributed by atoms with E-state index in [4.69, 9.17) is 0 Å². The third-order valence-corrected chi connectivity index (χ3v) is 3.50. The number of hydrogen-bond acceptors (Lipinski definition) is 2. The van der Waals surface area contributed by atoms with Crippen LogP contribution in [0, 0.1) is 5.92 Å². The molecule has 1 aliphatic heterocycles. The maximum absolute atomic E-state index is 12.7. The number of nitrogens with zero attached hydrogens (tertiary/aromatic N) is 2. The minimum atomic E-state index is -2.20. The number of alkyl halides is 2. The molecule has 5 heteroatoms. The Hall–Kier alpha value is -0.550. The molecule has 17 heavy (non-hydrogen) atoms. The Kier molecular flexibility index (Phi) is 4.45. The Morgan fingerprint density at radius 3 is 3.00 bits per heavy atom. The van der Waals surface area contributed by atoms with E-state index in [1.807, 2.05) is 6.07 Å². The first kappa shape index (κ1) is 12.9. The molecule has 0 saturated carbocycles. The normalized spacial score (nSPS) is 22.0. The Morgan fingerprint density at radius 2 is 2.29 bits per heavy atom. The Labute approximate surface area is 108 Å². The van der Waals surface area contributed by atoms with Crippen LogP contribution < -0.4 is 0 Å². The van der Waals surface area contributed by atoms with Crippen LogP contribution in [0.4, 0.5) is 8.78 Å². The number of hydrogen-bond donors (Lipinski definition) is 0. The highest BCUT2D eigenvalue weighted by Gasteiger charge is 2.26. The van der Waals surface area contributed by atoms with Crippen LogP contribution in [-0.4, -0.2) is 29.4 Å². The molecule has 2 heterocycles. The molecule has 1 atom stereocenters. The van der Waals surface area contributed by atoms with Gasteiger partial charge in [-0.05, 0) is 46.9 Å². The monoisotopic (exact) mass is 304 g/mol. The van der Waals surface area contributed by atoms with Crippen LogP contribution in [0.15, 0.2) is 22.9 Å². The van der Waals surface area contributed by atoms with Crippen LogP contribution in [-0.2, 0) is 6.54 Å². The zero-order chi connectivity index (χ0) is 12.3. The smallest absolute Gasteiger partial charge is 0.242 e. The van der Waals surface area contributed by atoms with Crippen LogP contribution in [0.5, 0.6) is 0 Å². The molecular formula is C12H15BrF2N2. The van der Waals surface area contributed by atoms with Gasteiger partial charge >= 0.3 is 0 Å². The predicted octanol–water partition coefficient (Wildman–Crippen LogP) is 3.32. The van der Waals surface area contributed by atoms with Crippen molar-refractivity contribution < 1.29 is 8.78 Å². The molecule has 1 saturated heterocycles. The van der Waals surface area contributed by atoms with Crippen molar-refractivity contribution in [3.05, 3.63) is 28.5 Å². The largest absolute Gasteiger partial charge is 0.299 e. The number of rotatable bonds is 3. The van der Waals surface area contributed by atoms with Gasteiger partial charge in [0.1, 0.15) is 0 Å². The van der Waals surface area contributed by atoms with Gasteiger partial charge in [0.2, 0.25) is 6.43 Å². The Balaban J connectivity index is 1.94. The minimum absolute atomic E-state index is 0.469. The third-order valence-electron chi connectivity index (χ3n) is 3.07. The fraction of sp³-hybridized carbons (Fsp3) is 0.583. The van der Waals surface area contributed by atoms with Gasteiger partial charge in [0.15, 0.2) is 0 Å². The van der Waals surface area contributed by atoms with Crippen molar-refractivity contribution in [1.29, 1.82) is 0 Å². The predicted molar refractivity (Wildman–Crippen MR) is 65.9 cm³/mol. The summed E-state index contributed by atoms with van der Waals surface area (Å²) in [5, 5.41) is 0. The molecule has 0 N–H and O–H groups in total. The number of pyridine rings is 1. The van der Waals surface area contributed by atoms with E-state index in [0.717, 1.165) is 23.0 Å². The molecule has 1 fully saturated rings. The summed E-state index contributed by atoms with van der Waals surface area (Å²) in [4.78, 5) is 6.17. The third kappa shape index (κ3) is 3.71. The van der Waals surface area contributed by atoms with Crippen LogP contribution in [0.3, 0.4) is 0 Å². The average molecular weight is 305 g/mol. The van der Waals surface area contributed by atoms with E-state index < -0.39 is 12.3 Å². The van der Waals surface area contributed by atoms with Gasteiger partial charge in [0, 0.05) is 35.9 Å². The van der Waals surface area contributed by atoms with Gasteiger partial charge in [0.05, 0.1) is 0 Å². The van der Waals surface area contributed by atoms with E-state index in [2.05, 4.69) is 25.8 Å². The molecule has 0 aromatic carbocycles. The van der Waals surface area contributed by atoms with Gasteiger partial charge in [-0.25, -0.2) is 8.78 Å². The fourth-order valence-corrected chi connectivity index (χ4v) is 2.65. The summed E-state index contributed by atoms with van der Waals surface area (Å²) < 4.78 is 26.2. The summed E-state index contributed by atoms with van der Waals surface area (Å²) in [5.41, 5.74) is 1.06. The molecule has 1 aliphatic rings. The van der Waals surface area contributed by atoms with Crippen molar-refractivity contribution in [2.45, 2.75) is 25.8 Å². The lowest BCUT2D eigenvalue weighted by molar-refractivity contribution is 0.0253. The topological polar surface area (TPSA) is 16.1 Å². The van der Waals surface area contributed by atoms with Crippen molar-refractivity contribution in [1.82, 2.24) is 9.88 Å². The van der Waals surface area contributed by atoms with Gasteiger partial charge in [-0.3, -0.25) is 9.88 Å². The van der Waals surface area contributed by atoms with Crippen molar-refractivity contribution >= 4 is 15.9 Å². The second-order valence-electron chi connectivity index (χ2n) is 4.48. The SMILES string of the molecule is FC(F)C1CCCN(Cc2cncc(Br)c2)C1. The lowest BCUT2D eigenvalue weighted by Gasteiger charge is -2.32. The molecule has 0 bridgehead atoms. The first-order valence-electron chi connectivity index (χ1n) is 5.75. The van der Waals surface area contributed by atoms with Gasteiger partial charge in [-0.2, -0.15) is 0 Å². The van der Waals surface area contributed by atoms with Gasteiger partial charge in [-0.15, -0.1) is 0 Å². The van der Waals surface area contributed by atoms with E-state index in [1.165, 1.54) is 0 Å². The van der Waals surface area contributed by atoms with E-state index in [9.17, 15) is 8.78 Å². The van der Waals surface area contributed by atoms with Crippen molar-refractivity contribution in [3.8, 4) is 0 Å². The van der Waals surface area contributed by atoms with Gasteiger partial charge in [0.25, 0.3) is 0 Å². The van der Waals surface area contributed by atoms with Crippen LogP contribution in [0.2, 0.25) is 0 Å². The average Bonchev–Trinajstić information content (AvgIpc) is 2.29. The second kappa shape index (κ2) is 5.87. The second-order valence-corrected chi connectivity index (χ2v) is 5.40. The van der Waals surface area contributed by atoms with Crippen LogP contribution in [0.1, 0.15) is 18.4 Å². The molecule has 2 rings (SSSR count). The summed E-state index contributed by atoms with van der Waals surface area (Å²) in [6, 6.07) is 1.99. The number of likely N-dealkylation sites (tertiary alicyclic amines) is 1. The highest BCUT2D eigenvalue weighted by Crippen LogP contribution is 2.24. The van der Waals surface area contributed by atoms with E-state index >= 15 is 0 Å². The molecule has 1 unspecified atom stereocenters. The standard InChI is InChI=1S/C12H15BrF2N2/c13-11-4-9(5-16-6-11)7-17-3-1-2-10(8-17)12(14)15/h4-6,10,12H,1-3,7-8H2. The molecule has 2 nitrogen and oxygen atoms in total. The fourth-order valence-electron chi connectivity index (χ4n) is 2.24. The molecule has 0 aliphatic carbocycles. The molecule has 94 valence electrons. The summed E-state index contributed by atoms with van der Waals surface area (Å²) in [5.74, 6) is -0.469. The van der Waals surface area contributed by atoms with Crippen LogP contribution in [0.25, 0.3) is 0 Å². The summed E-state index contributed by atoms with van der Waals surface area (Å²) in [7, 11) is 0. The highest BCUT2D eigenvalue weighted by atomic mass is 79.9. The Morgan fingerprint density at radius 1 is 1.47 bits per heavy atom. The molecule has 0 amide bonds. The molecule has 0 radical (unpaired) electrons. The van der Waals surface area contributed by atoms with Gasteiger partial charge < -0.3 is 0 Å². The lowest BCUT2D eigenvalue weighted by atomic mass is 9.98. The summed E-state index contributed by atoms with van der Waals surface area (Å²) in [6.45, 7) is 2.09. The van der Waals surface area contributed by atoms with Crippen molar-refractivity contribution in [3.63, 3.8) is 0 Å². The molecular weight excluding hydrogens is 290 g/mol. The van der Waals surface area contributed by atoms with E-state index in [1.54, 1.807) is 12.4 Å². The van der Waals surface area contributed by atoms with Crippen molar-refractivity contribution in [2.24, 2.45) is 5.92 Å². The zero-order valence-electron chi connectivity index (χ0n) is 9.45. The first-order chi connectivity index (χ1) is 8.15. The highest BCUT2D eigenvalue weighted by molar-refractivity contribution is 9.10. The summed E-state index contributed by atoms with van der Waals surface area (Å²) in [6.07, 6.45) is 2.82. The lowest BCUT2D eigenvalue weighted by Crippen LogP contribution is -2.37. The zero-order valence-corrected chi connectivity index (χ0v) is 11.0. The number of aromatic nitrogens is 1. The molecule has 1 aromatic heterocycles. The number of halogens is 3. The maximum atomic E-state index is 12.7. The Bertz CT molecular complexity index is 373. The quantitative estimate of drug-likeness (QED) is 0.851. The van der Waals surface area contributed by atoms with Crippen LogP contribution >= 0.6 is 15.9 Å². The van der Waals surface area contributed by atoms with E-state index in [-0.39, 0.29) is 0 Å². The number of piperidine rings is 1. The minimum Gasteiger partial charge on any atom is -0.299 e. The first-order valence-corrected chi connectivity index (χ1v) is 6.54. The molecule has 0 spiro atoms. The van der Waals surface area contributed by atoms with E-state index in [0.29, 0.717) is 19.5 Å². The molecule has 1 aromatic rings. The van der Waals surface area contributed by atoms with Gasteiger partial charge in [-0.1, -0.05) is 0 Å². The maximum Gasteiger partial charge on any atom is 0.242 e. The van der Waals surface area contributed by atoms with Crippen molar-refractivity contribution in [2.75, 3.05) is 13.1 Å².